The highest BCUT2D eigenvalue weighted by atomic mass is 16.5. The molecule has 1 aromatic heterocycles. The van der Waals surface area contributed by atoms with E-state index in [1.807, 2.05) is 61.5 Å². The molecule has 0 aliphatic rings. The number of ether oxygens (including phenoxy) is 1. The van der Waals surface area contributed by atoms with Crippen LogP contribution in [0.4, 0.5) is 0 Å². The normalized spacial score (nSPS) is 10.5. The quantitative estimate of drug-likeness (QED) is 0.710. The van der Waals surface area contributed by atoms with Crippen molar-refractivity contribution < 1.29 is 9.53 Å². The van der Waals surface area contributed by atoms with E-state index in [0.717, 1.165) is 23.4 Å². The van der Waals surface area contributed by atoms with Gasteiger partial charge in [-0.05, 0) is 43.2 Å². The predicted molar refractivity (Wildman–Crippen MR) is 99.5 cm³/mol. The SMILES string of the molecule is CCCOc1ccc(-n2nnc(C(=O)NCc3ccccc3)c2C)cc1. The average molecular weight is 350 g/mol. The Kier molecular flexibility index (Phi) is 5.63. The molecule has 6 nitrogen and oxygen atoms in total. The van der Waals surface area contributed by atoms with Crippen LogP contribution in [0, 0.1) is 6.92 Å². The topological polar surface area (TPSA) is 69.0 Å². The summed E-state index contributed by atoms with van der Waals surface area (Å²) in [5.74, 6) is 0.578. The summed E-state index contributed by atoms with van der Waals surface area (Å²) < 4.78 is 7.24. The van der Waals surface area contributed by atoms with Crippen LogP contribution in [0.25, 0.3) is 5.69 Å². The molecule has 1 N–H and O–H groups in total. The van der Waals surface area contributed by atoms with E-state index in [1.165, 1.54) is 0 Å². The van der Waals surface area contributed by atoms with Crippen molar-refractivity contribution in [2.45, 2.75) is 26.8 Å². The Hall–Kier alpha value is -3.15. The van der Waals surface area contributed by atoms with E-state index >= 15 is 0 Å². The van der Waals surface area contributed by atoms with Crippen molar-refractivity contribution >= 4 is 5.91 Å². The minimum Gasteiger partial charge on any atom is -0.494 e. The van der Waals surface area contributed by atoms with E-state index in [4.69, 9.17) is 4.74 Å². The molecule has 3 aromatic rings. The first-order chi connectivity index (χ1) is 12.7. The molecule has 26 heavy (non-hydrogen) atoms. The van der Waals surface area contributed by atoms with Gasteiger partial charge >= 0.3 is 0 Å². The summed E-state index contributed by atoms with van der Waals surface area (Å²) in [5, 5.41) is 11.0. The van der Waals surface area contributed by atoms with E-state index in [-0.39, 0.29) is 5.91 Å². The second kappa shape index (κ2) is 8.29. The molecule has 6 heteroatoms. The maximum Gasteiger partial charge on any atom is 0.274 e. The maximum atomic E-state index is 12.4. The molecule has 0 fully saturated rings. The van der Waals surface area contributed by atoms with E-state index < -0.39 is 0 Å². The molecule has 134 valence electrons. The molecule has 3 rings (SSSR count). The number of hydrogen-bond donors (Lipinski definition) is 1. The molecular formula is C20H22N4O2. The first kappa shape index (κ1) is 17.7. The van der Waals surface area contributed by atoms with Crippen LogP contribution in [-0.4, -0.2) is 27.5 Å². The lowest BCUT2D eigenvalue weighted by atomic mass is 10.2. The summed E-state index contributed by atoms with van der Waals surface area (Å²) in [7, 11) is 0. The maximum absolute atomic E-state index is 12.4. The van der Waals surface area contributed by atoms with Crippen LogP contribution < -0.4 is 10.1 Å². The fraction of sp³-hybridized carbons (Fsp3) is 0.250. The molecule has 0 bridgehead atoms. The number of nitrogens with zero attached hydrogens (tertiary/aromatic N) is 3. The largest absolute Gasteiger partial charge is 0.494 e. The molecule has 1 heterocycles. The van der Waals surface area contributed by atoms with Crippen LogP contribution in [-0.2, 0) is 6.54 Å². The summed E-state index contributed by atoms with van der Waals surface area (Å²) in [6.45, 7) is 5.04. The molecule has 0 saturated carbocycles. The minimum absolute atomic E-state index is 0.236. The van der Waals surface area contributed by atoms with Gasteiger partial charge in [-0.3, -0.25) is 4.79 Å². The summed E-state index contributed by atoms with van der Waals surface area (Å²) in [4.78, 5) is 12.4. The van der Waals surface area contributed by atoms with E-state index in [1.54, 1.807) is 4.68 Å². The van der Waals surface area contributed by atoms with Crippen molar-refractivity contribution in [2.75, 3.05) is 6.61 Å². The minimum atomic E-state index is -0.236. The van der Waals surface area contributed by atoms with E-state index in [9.17, 15) is 4.79 Å². The predicted octanol–water partition coefficient (Wildman–Crippen LogP) is 3.29. The first-order valence-electron chi connectivity index (χ1n) is 8.66. The zero-order valence-electron chi connectivity index (χ0n) is 15.0. The fourth-order valence-electron chi connectivity index (χ4n) is 2.55. The summed E-state index contributed by atoms with van der Waals surface area (Å²) >= 11 is 0. The second-order valence-corrected chi connectivity index (χ2v) is 5.95. The Bertz CT molecular complexity index is 857. The van der Waals surface area contributed by atoms with Gasteiger partial charge in [0.05, 0.1) is 18.0 Å². The second-order valence-electron chi connectivity index (χ2n) is 5.95. The molecule has 1 amide bonds. The zero-order chi connectivity index (χ0) is 18.4. The van der Waals surface area contributed by atoms with Crippen LogP contribution in [0.1, 0.15) is 35.1 Å². The molecule has 0 radical (unpaired) electrons. The molecule has 0 unspecified atom stereocenters. The van der Waals surface area contributed by atoms with Gasteiger partial charge in [-0.15, -0.1) is 5.10 Å². The molecule has 2 aromatic carbocycles. The molecule has 0 aliphatic heterocycles. The van der Waals surface area contributed by atoms with E-state index in [2.05, 4.69) is 22.6 Å². The Morgan fingerprint density at radius 3 is 2.54 bits per heavy atom. The molecule has 0 aliphatic carbocycles. The van der Waals surface area contributed by atoms with E-state index in [0.29, 0.717) is 24.5 Å². The third-order valence-electron chi connectivity index (χ3n) is 3.96. The fourth-order valence-corrected chi connectivity index (χ4v) is 2.55. The lowest BCUT2D eigenvalue weighted by Crippen LogP contribution is -2.24. The van der Waals surface area contributed by atoms with Crippen molar-refractivity contribution in [3.63, 3.8) is 0 Å². The Morgan fingerprint density at radius 1 is 1.12 bits per heavy atom. The zero-order valence-corrected chi connectivity index (χ0v) is 15.0. The Morgan fingerprint density at radius 2 is 1.85 bits per heavy atom. The van der Waals surface area contributed by atoms with Gasteiger partial charge in [0.15, 0.2) is 5.69 Å². The van der Waals surface area contributed by atoms with Crippen molar-refractivity contribution in [3.05, 3.63) is 71.5 Å². The van der Waals surface area contributed by atoms with Gasteiger partial charge in [-0.2, -0.15) is 0 Å². The molecular weight excluding hydrogens is 328 g/mol. The summed E-state index contributed by atoms with van der Waals surface area (Å²) in [5.41, 5.74) is 2.89. The highest BCUT2D eigenvalue weighted by Crippen LogP contribution is 2.17. The number of amides is 1. The van der Waals surface area contributed by atoms with Gasteiger partial charge < -0.3 is 10.1 Å². The highest BCUT2D eigenvalue weighted by molar-refractivity contribution is 5.93. The standard InChI is InChI=1S/C20H22N4O2/c1-3-13-26-18-11-9-17(10-12-18)24-15(2)19(22-23-24)20(25)21-14-16-7-5-4-6-8-16/h4-12H,3,13-14H2,1-2H3,(H,21,25). The molecule has 0 atom stereocenters. The van der Waals surface area contributed by atoms with Crippen LogP contribution in [0.5, 0.6) is 5.75 Å². The smallest absolute Gasteiger partial charge is 0.274 e. The van der Waals surface area contributed by atoms with Crippen molar-refractivity contribution in [1.82, 2.24) is 20.3 Å². The number of hydrogen-bond acceptors (Lipinski definition) is 4. The molecule has 0 saturated heterocycles. The first-order valence-corrected chi connectivity index (χ1v) is 8.66. The Labute approximate surface area is 152 Å². The van der Waals surface area contributed by atoms with Gasteiger partial charge in [0.25, 0.3) is 5.91 Å². The van der Waals surface area contributed by atoms with Crippen LogP contribution >= 0.6 is 0 Å². The van der Waals surface area contributed by atoms with Gasteiger partial charge in [-0.25, -0.2) is 4.68 Å². The third-order valence-corrected chi connectivity index (χ3v) is 3.96. The lowest BCUT2D eigenvalue weighted by Gasteiger charge is -2.07. The van der Waals surface area contributed by atoms with Gasteiger partial charge in [0, 0.05) is 6.54 Å². The number of nitrogens with one attached hydrogen (secondary N) is 1. The number of benzene rings is 2. The van der Waals surface area contributed by atoms with Crippen LogP contribution in [0.2, 0.25) is 0 Å². The Balaban J connectivity index is 1.70. The van der Waals surface area contributed by atoms with Gasteiger partial charge in [0.2, 0.25) is 0 Å². The summed E-state index contributed by atoms with van der Waals surface area (Å²) in [6.07, 6.45) is 0.964. The number of aromatic nitrogens is 3. The summed E-state index contributed by atoms with van der Waals surface area (Å²) in [6, 6.07) is 17.3. The van der Waals surface area contributed by atoms with Crippen molar-refractivity contribution in [1.29, 1.82) is 0 Å². The van der Waals surface area contributed by atoms with Crippen LogP contribution in [0.15, 0.2) is 54.6 Å². The van der Waals surface area contributed by atoms with Crippen LogP contribution in [0.3, 0.4) is 0 Å². The highest BCUT2D eigenvalue weighted by Gasteiger charge is 2.17. The lowest BCUT2D eigenvalue weighted by molar-refractivity contribution is 0.0945. The molecule has 0 spiro atoms. The number of carbonyl (C=O) groups is 1. The third kappa shape index (κ3) is 4.08. The van der Waals surface area contributed by atoms with Crippen molar-refractivity contribution in [3.8, 4) is 11.4 Å². The average Bonchev–Trinajstić information content (AvgIpc) is 3.07. The van der Waals surface area contributed by atoms with Gasteiger partial charge in [0.1, 0.15) is 5.75 Å². The monoisotopic (exact) mass is 350 g/mol. The number of rotatable bonds is 7. The number of carbonyl (C=O) groups excluding carboxylic acids is 1. The van der Waals surface area contributed by atoms with Gasteiger partial charge in [-0.1, -0.05) is 42.5 Å². The van der Waals surface area contributed by atoms with Crippen molar-refractivity contribution in [2.24, 2.45) is 0 Å².